The summed E-state index contributed by atoms with van der Waals surface area (Å²) in [5.41, 5.74) is 3.03. The highest BCUT2D eigenvalue weighted by atomic mass is 35.5. The first-order valence-electron chi connectivity index (χ1n) is 10.3. The Morgan fingerprint density at radius 3 is 2.68 bits per heavy atom. The Kier molecular flexibility index (Phi) is 6.21. The summed E-state index contributed by atoms with van der Waals surface area (Å²) < 4.78 is 7.61. The Labute approximate surface area is 191 Å². The van der Waals surface area contributed by atoms with Crippen molar-refractivity contribution in [2.45, 2.75) is 40.2 Å². The van der Waals surface area contributed by atoms with E-state index in [9.17, 15) is 4.79 Å². The number of imidazole rings is 1. The molecule has 0 unspecified atom stereocenters. The fourth-order valence-corrected chi connectivity index (χ4v) is 4.50. The first-order chi connectivity index (χ1) is 14.8. The van der Waals surface area contributed by atoms with Crippen LogP contribution in [0.3, 0.4) is 0 Å². The van der Waals surface area contributed by atoms with Crippen molar-refractivity contribution in [1.29, 1.82) is 0 Å². The van der Waals surface area contributed by atoms with Crippen molar-refractivity contribution in [3.05, 3.63) is 70.7 Å². The number of rotatable bonds is 7. The van der Waals surface area contributed by atoms with Crippen LogP contribution in [-0.4, -0.2) is 26.7 Å². The molecule has 0 aliphatic rings. The average molecular weight is 456 g/mol. The Morgan fingerprint density at radius 2 is 2.00 bits per heavy atom. The van der Waals surface area contributed by atoms with Crippen LogP contribution in [0, 0.1) is 5.41 Å². The number of carbonyl (C=O) groups excluding carboxylic acids is 1. The van der Waals surface area contributed by atoms with Gasteiger partial charge in [-0.25, -0.2) is 4.98 Å². The first kappa shape index (κ1) is 21.7. The van der Waals surface area contributed by atoms with Crippen molar-refractivity contribution < 1.29 is 9.21 Å². The molecule has 0 N–H and O–H groups in total. The number of hydrogen-bond donors (Lipinski definition) is 0. The van der Waals surface area contributed by atoms with Crippen molar-refractivity contribution in [2.24, 2.45) is 5.41 Å². The number of aromatic nitrogens is 2. The van der Waals surface area contributed by atoms with Gasteiger partial charge in [-0.05, 0) is 29.7 Å². The molecule has 5 nitrogen and oxygen atoms in total. The fourth-order valence-electron chi connectivity index (χ4n) is 3.47. The van der Waals surface area contributed by atoms with Gasteiger partial charge in [0.1, 0.15) is 5.76 Å². The second-order valence-electron chi connectivity index (χ2n) is 8.89. The van der Waals surface area contributed by atoms with Gasteiger partial charge in [0.15, 0.2) is 4.96 Å². The van der Waals surface area contributed by atoms with Gasteiger partial charge < -0.3 is 9.32 Å². The summed E-state index contributed by atoms with van der Waals surface area (Å²) in [6.07, 6.45) is 4.94. The van der Waals surface area contributed by atoms with Crippen LogP contribution >= 0.6 is 22.9 Å². The number of nitrogens with zero attached hydrogens (tertiary/aromatic N) is 3. The SMILES string of the molecule is CC(C)(C)CC(=O)N(CCc1csc2nc(-c3ccc(Cl)cc3)cn12)Cc1ccco1. The summed E-state index contributed by atoms with van der Waals surface area (Å²) in [7, 11) is 0. The highest BCUT2D eigenvalue weighted by molar-refractivity contribution is 7.15. The summed E-state index contributed by atoms with van der Waals surface area (Å²) in [4.78, 5) is 20.6. The lowest BCUT2D eigenvalue weighted by Gasteiger charge is -2.26. The lowest BCUT2D eigenvalue weighted by molar-refractivity contribution is -0.134. The predicted molar refractivity (Wildman–Crippen MR) is 125 cm³/mol. The number of fused-ring (bicyclic) bond motifs is 1. The highest BCUT2D eigenvalue weighted by Crippen LogP contribution is 2.26. The van der Waals surface area contributed by atoms with E-state index >= 15 is 0 Å². The van der Waals surface area contributed by atoms with E-state index in [2.05, 4.69) is 36.7 Å². The van der Waals surface area contributed by atoms with Gasteiger partial charge >= 0.3 is 0 Å². The van der Waals surface area contributed by atoms with E-state index in [1.807, 2.05) is 41.3 Å². The minimum atomic E-state index is -0.0635. The van der Waals surface area contributed by atoms with Gasteiger partial charge in [-0.3, -0.25) is 9.20 Å². The molecule has 0 radical (unpaired) electrons. The van der Waals surface area contributed by atoms with Crippen LogP contribution in [0.1, 0.15) is 38.6 Å². The van der Waals surface area contributed by atoms with E-state index in [1.165, 1.54) is 0 Å². The number of carbonyl (C=O) groups is 1. The smallest absolute Gasteiger partial charge is 0.223 e. The van der Waals surface area contributed by atoms with E-state index in [0.29, 0.717) is 24.5 Å². The van der Waals surface area contributed by atoms with Crippen molar-refractivity contribution in [2.75, 3.05) is 6.54 Å². The Bertz CT molecular complexity index is 1150. The lowest BCUT2D eigenvalue weighted by atomic mass is 9.91. The molecule has 0 saturated carbocycles. The number of halogens is 1. The number of benzene rings is 1. The van der Waals surface area contributed by atoms with Crippen LogP contribution in [0.5, 0.6) is 0 Å². The number of thiazole rings is 1. The first-order valence-corrected chi connectivity index (χ1v) is 11.6. The second kappa shape index (κ2) is 8.89. The lowest BCUT2D eigenvalue weighted by Crippen LogP contribution is -2.34. The fraction of sp³-hybridized carbons (Fsp3) is 0.333. The molecule has 3 heterocycles. The second-order valence-corrected chi connectivity index (χ2v) is 10.2. The van der Waals surface area contributed by atoms with E-state index < -0.39 is 0 Å². The normalized spacial score (nSPS) is 11.9. The van der Waals surface area contributed by atoms with Crippen molar-refractivity contribution in [3.8, 4) is 11.3 Å². The third-order valence-electron chi connectivity index (χ3n) is 5.02. The summed E-state index contributed by atoms with van der Waals surface area (Å²) in [5, 5.41) is 2.83. The van der Waals surface area contributed by atoms with Crippen LogP contribution in [-0.2, 0) is 17.8 Å². The summed E-state index contributed by atoms with van der Waals surface area (Å²) in [6, 6.07) is 11.5. The van der Waals surface area contributed by atoms with Gasteiger partial charge in [0.25, 0.3) is 0 Å². The average Bonchev–Trinajstić information content (AvgIpc) is 3.42. The van der Waals surface area contributed by atoms with Crippen molar-refractivity contribution >= 4 is 33.8 Å². The molecule has 4 aromatic rings. The molecular formula is C24H26ClN3O2S. The quantitative estimate of drug-likeness (QED) is 0.327. The van der Waals surface area contributed by atoms with Gasteiger partial charge in [-0.2, -0.15) is 0 Å². The third-order valence-corrected chi connectivity index (χ3v) is 6.16. The van der Waals surface area contributed by atoms with Crippen molar-refractivity contribution in [3.63, 3.8) is 0 Å². The molecule has 3 aromatic heterocycles. The topological polar surface area (TPSA) is 50.8 Å². The van der Waals surface area contributed by atoms with Gasteiger partial charge in [0, 0.05) is 47.2 Å². The summed E-state index contributed by atoms with van der Waals surface area (Å²) >= 11 is 7.62. The van der Waals surface area contributed by atoms with Crippen LogP contribution in [0.25, 0.3) is 16.2 Å². The molecule has 0 aliphatic heterocycles. The van der Waals surface area contributed by atoms with Crippen LogP contribution < -0.4 is 0 Å². The van der Waals surface area contributed by atoms with Gasteiger partial charge in [0.05, 0.1) is 18.5 Å². The van der Waals surface area contributed by atoms with E-state index in [4.69, 9.17) is 21.0 Å². The Balaban J connectivity index is 1.52. The van der Waals surface area contributed by atoms with Crippen LogP contribution in [0.2, 0.25) is 5.02 Å². The summed E-state index contributed by atoms with van der Waals surface area (Å²) in [5.74, 6) is 0.938. The zero-order valence-corrected chi connectivity index (χ0v) is 19.5. The third kappa shape index (κ3) is 5.38. The van der Waals surface area contributed by atoms with E-state index in [0.717, 1.165) is 34.1 Å². The Morgan fingerprint density at radius 1 is 1.23 bits per heavy atom. The van der Waals surface area contributed by atoms with Gasteiger partial charge in [-0.1, -0.05) is 44.5 Å². The molecule has 1 aromatic carbocycles. The van der Waals surface area contributed by atoms with Gasteiger partial charge in [-0.15, -0.1) is 11.3 Å². The molecule has 162 valence electrons. The largest absolute Gasteiger partial charge is 0.467 e. The molecule has 0 aliphatic carbocycles. The zero-order chi connectivity index (χ0) is 22.0. The maximum atomic E-state index is 13.0. The maximum absolute atomic E-state index is 13.0. The minimum absolute atomic E-state index is 0.0635. The molecule has 0 fully saturated rings. The predicted octanol–water partition coefficient (Wildman–Crippen LogP) is 6.32. The standard InChI is InChI=1S/C24H26ClN3O2S/c1-24(2,3)13-22(29)27(14-20-5-4-12-30-20)11-10-19-16-31-23-26-21(15-28(19)23)17-6-8-18(25)9-7-17/h4-9,12,15-16H,10-11,13-14H2,1-3H3. The molecule has 31 heavy (non-hydrogen) atoms. The molecule has 0 atom stereocenters. The molecule has 0 bridgehead atoms. The van der Waals surface area contributed by atoms with Crippen molar-refractivity contribution in [1.82, 2.24) is 14.3 Å². The highest BCUT2D eigenvalue weighted by Gasteiger charge is 2.22. The maximum Gasteiger partial charge on any atom is 0.223 e. The van der Waals surface area contributed by atoms with Crippen LogP contribution in [0.4, 0.5) is 0 Å². The summed E-state index contributed by atoms with van der Waals surface area (Å²) in [6.45, 7) is 7.36. The molecule has 4 rings (SSSR count). The molecule has 0 saturated heterocycles. The Hall–Kier alpha value is -2.57. The van der Waals surface area contributed by atoms with E-state index in [1.54, 1.807) is 17.6 Å². The number of hydrogen-bond acceptors (Lipinski definition) is 4. The monoisotopic (exact) mass is 455 g/mol. The molecule has 0 spiro atoms. The molecular weight excluding hydrogens is 430 g/mol. The number of amides is 1. The molecule has 1 amide bonds. The molecule has 7 heteroatoms. The number of furan rings is 1. The van der Waals surface area contributed by atoms with Gasteiger partial charge in [0.2, 0.25) is 5.91 Å². The zero-order valence-electron chi connectivity index (χ0n) is 18.0. The van der Waals surface area contributed by atoms with Crippen LogP contribution in [0.15, 0.2) is 58.7 Å². The minimum Gasteiger partial charge on any atom is -0.467 e. The van der Waals surface area contributed by atoms with E-state index in [-0.39, 0.29) is 11.3 Å².